The van der Waals surface area contributed by atoms with Crippen molar-refractivity contribution in [3.63, 3.8) is 0 Å². The molecule has 3 aromatic rings. The van der Waals surface area contributed by atoms with E-state index in [1.54, 1.807) is 0 Å². The lowest BCUT2D eigenvalue weighted by Gasteiger charge is -2.11. The molecule has 5 heteroatoms. The van der Waals surface area contributed by atoms with Crippen molar-refractivity contribution in [2.24, 2.45) is 0 Å². The first-order valence-corrected chi connectivity index (χ1v) is 8.25. The highest BCUT2D eigenvalue weighted by Gasteiger charge is 2.37. The van der Waals surface area contributed by atoms with Crippen LogP contribution in [0.3, 0.4) is 0 Å². The fourth-order valence-corrected chi connectivity index (χ4v) is 3.51. The van der Waals surface area contributed by atoms with E-state index >= 15 is 0 Å². The summed E-state index contributed by atoms with van der Waals surface area (Å²) in [6.45, 7) is 3.27. The first-order chi connectivity index (χ1) is 11.9. The highest BCUT2D eigenvalue weighted by molar-refractivity contribution is 5.77. The number of fused-ring (bicyclic) bond motifs is 1. The van der Waals surface area contributed by atoms with Crippen molar-refractivity contribution < 1.29 is 9.50 Å². The molecule has 1 aliphatic heterocycles. The highest BCUT2D eigenvalue weighted by Crippen LogP contribution is 2.36. The molecule has 0 aliphatic carbocycles. The smallest absolute Gasteiger partial charge is 0.278 e. The van der Waals surface area contributed by atoms with Gasteiger partial charge in [-0.1, -0.05) is 42.5 Å². The average Bonchev–Trinajstić information content (AvgIpc) is 3.02. The van der Waals surface area contributed by atoms with E-state index in [-0.39, 0.29) is 30.1 Å². The summed E-state index contributed by atoms with van der Waals surface area (Å²) in [5.74, 6) is -0.167. The number of nitrogens with zero attached hydrogens (tertiary/aromatic N) is 2. The van der Waals surface area contributed by atoms with Gasteiger partial charge in [0.05, 0.1) is 13.1 Å². The number of aryl methyl sites for hydroxylation is 1. The average molecular weight is 338 g/mol. The van der Waals surface area contributed by atoms with Crippen LogP contribution in [-0.4, -0.2) is 20.1 Å². The molecule has 0 radical (unpaired) electrons. The number of alkyl halides is 1. The summed E-state index contributed by atoms with van der Waals surface area (Å²) in [6.07, 6.45) is 0. The zero-order valence-electron chi connectivity index (χ0n) is 14.2. The SMILES string of the molecule is Cc1ccc(-c2ccccc2)cc1-c1c(O)n2n(c1=O)CC(C)(F)C2. The molecule has 0 fully saturated rings. The molecular weight excluding hydrogens is 319 g/mol. The van der Waals surface area contributed by atoms with Crippen LogP contribution in [0.5, 0.6) is 5.88 Å². The monoisotopic (exact) mass is 338 g/mol. The molecule has 2 aromatic carbocycles. The molecule has 0 saturated heterocycles. The minimum Gasteiger partial charge on any atom is -0.493 e. The molecule has 0 saturated carbocycles. The normalized spacial score (nSPS) is 19.2. The van der Waals surface area contributed by atoms with Gasteiger partial charge in [0.25, 0.3) is 5.56 Å². The number of hydrogen-bond donors (Lipinski definition) is 1. The standard InChI is InChI=1S/C20H19FN2O2/c1-13-8-9-15(14-6-4-3-5-7-14)10-16(13)17-18(24)22-11-20(2,21)12-23(22)19(17)25/h3-10,24H,11-12H2,1-2H3. The highest BCUT2D eigenvalue weighted by atomic mass is 19.1. The minimum atomic E-state index is -1.52. The van der Waals surface area contributed by atoms with Crippen LogP contribution in [0, 0.1) is 6.92 Å². The maximum absolute atomic E-state index is 14.2. The van der Waals surface area contributed by atoms with Gasteiger partial charge < -0.3 is 5.11 Å². The van der Waals surface area contributed by atoms with Gasteiger partial charge in [-0.2, -0.15) is 0 Å². The maximum atomic E-state index is 14.2. The lowest BCUT2D eigenvalue weighted by atomic mass is 9.96. The van der Waals surface area contributed by atoms with E-state index in [4.69, 9.17) is 0 Å². The second kappa shape index (κ2) is 5.34. The Kier molecular flexibility index (Phi) is 3.35. The van der Waals surface area contributed by atoms with Crippen molar-refractivity contribution in [3.05, 3.63) is 64.4 Å². The zero-order chi connectivity index (χ0) is 17.8. The molecule has 25 heavy (non-hydrogen) atoms. The molecule has 128 valence electrons. The van der Waals surface area contributed by atoms with E-state index in [0.29, 0.717) is 5.56 Å². The number of rotatable bonds is 2. The number of hydrogen-bond acceptors (Lipinski definition) is 2. The van der Waals surface area contributed by atoms with Crippen LogP contribution in [-0.2, 0) is 13.1 Å². The predicted octanol–water partition coefficient (Wildman–Crippen LogP) is 3.74. The molecule has 1 atom stereocenters. The van der Waals surface area contributed by atoms with Crippen LogP contribution in [0.15, 0.2) is 53.3 Å². The van der Waals surface area contributed by atoms with E-state index in [9.17, 15) is 14.3 Å². The largest absolute Gasteiger partial charge is 0.493 e. The second-order valence-corrected chi connectivity index (χ2v) is 6.93. The van der Waals surface area contributed by atoms with E-state index in [2.05, 4.69) is 0 Å². The molecule has 4 rings (SSSR count). The Labute approximate surface area is 144 Å². The fourth-order valence-electron chi connectivity index (χ4n) is 3.51. The minimum absolute atomic E-state index is 0.0223. The van der Waals surface area contributed by atoms with E-state index in [1.165, 1.54) is 16.3 Å². The van der Waals surface area contributed by atoms with Gasteiger partial charge >= 0.3 is 0 Å². The molecule has 1 unspecified atom stereocenters. The van der Waals surface area contributed by atoms with Gasteiger partial charge in [0.2, 0.25) is 5.88 Å². The zero-order valence-corrected chi connectivity index (χ0v) is 14.2. The third-order valence-electron chi connectivity index (χ3n) is 4.78. The van der Waals surface area contributed by atoms with E-state index in [0.717, 1.165) is 16.7 Å². The molecule has 0 amide bonds. The van der Waals surface area contributed by atoms with Crippen molar-refractivity contribution in [1.82, 2.24) is 9.36 Å². The first kappa shape index (κ1) is 15.7. The van der Waals surface area contributed by atoms with Gasteiger partial charge in [-0.15, -0.1) is 0 Å². The predicted molar refractivity (Wildman–Crippen MR) is 95.5 cm³/mol. The van der Waals surface area contributed by atoms with Crippen LogP contribution in [0.2, 0.25) is 0 Å². The van der Waals surface area contributed by atoms with Crippen LogP contribution in [0.1, 0.15) is 12.5 Å². The van der Waals surface area contributed by atoms with Crippen molar-refractivity contribution in [1.29, 1.82) is 0 Å². The lowest BCUT2D eigenvalue weighted by Crippen LogP contribution is -2.24. The Balaban J connectivity index is 1.89. The van der Waals surface area contributed by atoms with Gasteiger partial charge in [0, 0.05) is 0 Å². The molecule has 0 spiro atoms. The van der Waals surface area contributed by atoms with Crippen molar-refractivity contribution >= 4 is 0 Å². The second-order valence-electron chi connectivity index (χ2n) is 6.93. The number of aromatic hydroxyl groups is 1. The Morgan fingerprint density at radius 3 is 2.40 bits per heavy atom. The molecule has 1 N–H and O–H groups in total. The molecule has 0 bridgehead atoms. The van der Waals surface area contributed by atoms with Crippen LogP contribution >= 0.6 is 0 Å². The Hall–Kier alpha value is -2.82. The summed E-state index contributed by atoms with van der Waals surface area (Å²) in [5, 5.41) is 10.6. The van der Waals surface area contributed by atoms with Gasteiger partial charge in [-0.3, -0.25) is 4.79 Å². The number of benzene rings is 2. The summed E-state index contributed by atoms with van der Waals surface area (Å²) in [7, 11) is 0. The topological polar surface area (TPSA) is 47.2 Å². The maximum Gasteiger partial charge on any atom is 0.278 e. The van der Waals surface area contributed by atoms with Gasteiger partial charge in [0.1, 0.15) is 11.2 Å². The fraction of sp³-hybridized carbons (Fsp3) is 0.250. The third-order valence-corrected chi connectivity index (χ3v) is 4.78. The Morgan fingerprint density at radius 2 is 1.72 bits per heavy atom. The van der Waals surface area contributed by atoms with Crippen molar-refractivity contribution in [2.45, 2.75) is 32.6 Å². The molecule has 1 aliphatic rings. The summed E-state index contributed by atoms with van der Waals surface area (Å²) >= 11 is 0. The number of halogens is 1. The van der Waals surface area contributed by atoms with Crippen molar-refractivity contribution in [3.8, 4) is 28.1 Å². The third kappa shape index (κ3) is 2.47. The quantitative estimate of drug-likeness (QED) is 0.774. The Bertz CT molecular complexity index is 1020. The summed E-state index contributed by atoms with van der Waals surface area (Å²) in [6, 6.07) is 15.7. The molecule has 1 aromatic heterocycles. The molecule has 4 nitrogen and oxygen atoms in total. The summed E-state index contributed by atoms with van der Waals surface area (Å²) < 4.78 is 16.8. The van der Waals surface area contributed by atoms with E-state index in [1.807, 2.05) is 55.5 Å². The number of aromatic nitrogens is 2. The molecular formula is C20H19FN2O2. The van der Waals surface area contributed by atoms with E-state index < -0.39 is 5.67 Å². The van der Waals surface area contributed by atoms with Crippen LogP contribution in [0.25, 0.3) is 22.3 Å². The van der Waals surface area contributed by atoms with Crippen LogP contribution < -0.4 is 5.56 Å². The first-order valence-electron chi connectivity index (χ1n) is 8.25. The van der Waals surface area contributed by atoms with Gasteiger partial charge in [-0.05, 0) is 42.2 Å². The molecule has 2 heterocycles. The Morgan fingerprint density at radius 1 is 1.04 bits per heavy atom. The van der Waals surface area contributed by atoms with Crippen molar-refractivity contribution in [2.75, 3.05) is 0 Å². The summed E-state index contributed by atoms with van der Waals surface area (Å²) in [5.41, 5.74) is 1.94. The van der Waals surface area contributed by atoms with Gasteiger partial charge in [0.15, 0.2) is 0 Å². The lowest BCUT2D eigenvalue weighted by molar-refractivity contribution is 0.180. The summed E-state index contributed by atoms with van der Waals surface area (Å²) in [4.78, 5) is 12.8. The van der Waals surface area contributed by atoms with Gasteiger partial charge in [-0.25, -0.2) is 13.8 Å². The van der Waals surface area contributed by atoms with Crippen LogP contribution in [0.4, 0.5) is 4.39 Å².